The van der Waals surface area contributed by atoms with Gasteiger partial charge in [0.05, 0.1) is 5.56 Å². The molecule has 1 aromatic rings. The van der Waals surface area contributed by atoms with Gasteiger partial charge in [-0.3, -0.25) is 0 Å². The number of hydrogen-bond acceptors (Lipinski definition) is 3. The lowest BCUT2D eigenvalue weighted by molar-refractivity contribution is -0.137. The van der Waals surface area contributed by atoms with Gasteiger partial charge in [0.1, 0.15) is 18.0 Å². The third kappa shape index (κ3) is 3.61. The van der Waals surface area contributed by atoms with Crippen molar-refractivity contribution in [1.82, 2.24) is 4.90 Å². The van der Waals surface area contributed by atoms with Crippen molar-refractivity contribution < 1.29 is 23.0 Å². The summed E-state index contributed by atoms with van der Waals surface area (Å²) >= 11 is 0. The molecule has 19 heavy (non-hydrogen) atoms. The van der Waals surface area contributed by atoms with Gasteiger partial charge in [0.15, 0.2) is 0 Å². The maximum absolute atomic E-state index is 12.4. The van der Waals surface area contributed by atoms with Crippen LogP contribution in [0, 0.1) is 0 Å². The van der Waals surface area contributed by atoms with Gasteiger partial charge < -0.3 is 14.7 Å². The molecule has 1 fully saturated rings. The van der Waals surface area contributed by atoms with Gasteiger partial charge in [0, 0.05) is 13.1 Å². The third-order valence-corrected chi connectivity index (χ3v) is 3.19. The maximum atomic E-state index is 12.4. The zero-order valence-electron chi connectivity index (χ0n) is 10.5. The molecule has 1 aliphatic heterocycles. The molecule has 1 heterocycles. The lowest BCUT2D eigenvalue weighted by atomic mass is 10.1. The third-order valence-electron chi connectivity index (χ3n) is 3.19. The van der Waals surface area contributed by atoms with E-state index in [2.05, 4.69) is 0 Å². The van der Waals surface area contributed by atoms with Crippen LogP contribution in [0.2, 0.25) is 0 Å². The number of nitrogens with zero attached hydrogens (tertiary/aromatic N) is 1. The van der Waals surface area contributed by atoms with E-state index in [9.17, 15) is 18.3 Å². The smallest absolute Gasteiger partial charge is 0.416 e. The van der Waals surface area contributed by atoms with Crippen molar-refractivity contribution in [2.75, 3.05) is 20.1 Å². The van der Waals surface area contributed by atoms with E-state index in [1.165, 1.54) is 12.1 Å². The SMILES string of the molecule is CN1CC[C@H](Oc2ccc(C(F)(F)F)cc2)[C@@H](O)C1. The van der Waals surface area contributed by atoms with Crippen LogP contribution in [0.3, 0.4) is 0 Å². The van der Waals surface area contributed by atoms with Crippen molar-refractivity contribution in [2.24, 2.45) is 0 Å². The number of ether oxygens (including phenoxy) is 1. The molecule has 0 aliphatic carbocycles. The highest BCUT2D eigenvalue weighted by Crippen LogP contribution is 2.30. The van der Waals surface area contributed by atoms with E-state index < -0.39 is 17.8 Å². The minimum atomic E-state index is -4.34. The summed E-state index contributed by atoms with van der Waals surface area (Å²) in [5.41, 5.74) is -0.705. The highest BCUT2D eigenvalue weighted by atomic mass is 19.4. The summed E-state index contributed by atoms with van der Waals surface area (Å²) < 4.78 is 42.7. The van der Waals surface area contributed by atoms with Gasteiger partial charge in [-0.15, -0.1) is 0 Å². The largest absolute Gasteiger partial charge is 0.488 e. The van der Waals surface area contributed by atoms with E-state index in [1.54, 1.807) is 0 Å². The van der Waals surface area contributed by atoms with E-state index in [4.69, 9.17) is 4.74 Å². The molecule has 1 N–H and O–H groups in total. The summed E-state index contributed by atoms with van der Waals surface area (Å²) in [6.07, 6.45) is -4.68. The van der Waals surface area contributed by atoms with E-state index in [0.717, 1.165) is 18.7 Å². The first-order chi connectivity index (χ1) is 8.86. The molecule has 6 heteroatoms. The van der Waals surface area contributed by atoms with E-state index >= 15 is 0 Å². The number of benzene rings is 1. The fourth-order valence-corrected chi connectivity index (χ4v) is 2.10. The standard InChI is InChI=1S/C13H16F3NO2/c1-17-7-6-12(11(18)8-17)19-10-4-2-9(3-5-10)13(14,15)16/h2-5,11-12,18H,6-8H2,1H3/t11-,12-/m0/s1. The van der Waals surface area contributed by atoms with Crippen molar-refractivity contribution in [3.05, 3.63) is 29.8 Å². The number of rotatable bonds is 2. The predicted molar refractivity (Wildman–Crippen MR) is 64.0 cm³/mol. The summed E-state index contributed by atoms with van der Waals surface area (Å²) in [6, 6.07) is 4.54. The molecule has 0 radical (unpaired) electrons. The van der Waals surface area contributed by atoms with Crippen molar-refractivity contribution in [1.29, 1.82) is 0 Å². The summed E-state index contributed by atoms with van der Waals surface area (Å²) in [7, 11) is 1.90. The van der Waals surface area contributed by atoms with Crippen LogP contribution >= 0.6 is 0 Å². The first-order valence-corrected chi connectivity index (χ1v) is 6.07. The Morgan fingerprint density at radius 3 is 2.42 bits per heavy atom. The van der Waals surface area contributed by atoms with Crippen LogP contribution in [-0.2, 0) is 6.18 Å². The number of piperidine rings is 1. The molecule has 3 nitrogen and oxygen atoms in total. The number of likely N-dealkylation sites (tertiary alicyclic amines) is 1. The van der Waals surface area contributed by atoms with Gasteiger partial charge in [-0.1, -0.05) is 0 Å². The number of halogens is 3. The van der Waals surface area contributed by atoms with E-state index in [-0.39, 0.29) is 6.10 Å². The lowest BCUT2D eigenvalue weighted by Gasteiger charge is -2.33. The molecule has 2 atom stereocenters. The van der Waals surface area contributed by atoms with E-state index in [1.807, 2.05) is 11.9 Å². The zero-order chi connectivity index (χ0) is 14.0. The molecule has 0 amide bonds. The minimum absolute atomic E-state index is 0.349. The number of aliphatic hydroxyl groups excluding tert-OH is 1. The van der Waals surface area contributed by atoms with Crippen molar-refractivity contribution in [2.45, 2.75) is 24.8 Å². The van der Waals surface area contributed by atoms with Crippen LogP contribution in [0.25, 0.3) is 0 Å². The Labute approximate surface area is 109 Å². The molecule has 0 spiro atoms. The second-order valence-corrected chi connectivity index (χ2v) is 4.80. The molecular weight excluding hydrogens is 259 g/mol. The van der Waals surface area contributed by atoms with Gasteiger partial charge in [0.25, 0.3) is 0 Å². The Morgan fingerprint density at radius 2 is 1.89 bits per heavy atom. The van der Waals surface area contributed by atoms with Crippen molar-refractivity contribution >= 4 is 0 Å². The Hall–Kier alpha value is -1.27. The topological polar surface area (TPSA) is 32.7 Å². The number of aliphatic hydroxyl groups is 1. The normalized spacial score (nSPS) is 25.3. The Morgan fingerprint density at radius 1 is 1.26 bits per heavy atom. The van der Waals surface area contributed by atoms with Crippen LogP contribution in [0.5, 0.6) is 5.75 Å². The summed E-state index contributed by atoms with van der Waals surface area (Å²) in [5, 5.41) is 9.84. The van der Waals surface area contributed by atoms with Gasteiger partial charge in [-0.2, -0.15) is 13.2 Å². The Balaban J connectivity index is 2.00. The molecule has 2 rings (SSSR count). The van der Waals surface area contributed by atoms with Crippen LogP contribution in [0.1, 0.15) is 12.0 Å². The summed E-state index contributed by atoms with van der Waals surface area (Å²) in [4.78, 5) is 1.98. The molecule has 0 saturated carbocycles. The van der Waals surface area contributed by atoms with Gasteiger partial charge in [0.2, 0.25) is 0 Å². The van der Waals surface area contributed by atoms with Crippen molar-refractivity contribution in [3.63, 3.8) is 0 Å². The monoisotopic (exact) mass is 275 g/mol. The highest BCUT2D eigenvalue weighted by molar-refractivity contribution is 5.29. The van der Waals surface area contributed by atoms with E-state index in [0.29, 0.717) is 18.7 Å². The second kappa shape index (κ2) is 5.38. The number of hydrogen-bond donors (Lipinski definition) is 1. The maximum Gasteiger partial charge on any atom is 0.416 e. The summed E-state index contributed by atoms with van der Waals surface area (Å²) in [5.74, 6) is 0.349. The number of β-amino-alcohol motifs (C(OH)–C–C–N with tert-alkyl or cyclic N) is 1. The predicted octanol–water partition coefficient (Wildman–Crippen LogP) is 2.15. The zero-order valence-corrected chi connectivity index (χ0v) is 10.5. The molecule has 1 saturated heterocycles. The minimum Gasteiger partial charge on any atom is -0.488 e. The summed E-state index contributed by atoms with van der Waals surface area (Å²) in [6.45, 7) is 1.30. The molecule has 1 aliphatic rings. The second-order valence-electron chi connectivity index (χ2n) is 4.80. The molecule has 106 valence electrons. The molecule has 0 aromatic heterocycles. The lowest BCUT2D eigenvalue weighted by Crippen LogP contribution is -2.47. The van der Waals surface area contributed by atoms with Gasteiger partial charge >= 0.3 is 6.18 Å². The quantitative estimate of drug-likeness (QED) is 0.897. The van der Waals surface area contributed by atoms with Crippen molar-refractivity contribution in [3.8, 4) is 5.75 Å². The van der Waals surface area contributed by atoms with Crippen LogP contribution in [-0.4, -0.2) is 42.4 Å². The van der Waals surface area contributed by atoms with Crippen LogP contribution in [0.15, 0.2) is 24.3 Å². The highest BCUT2D eigenvalue weighted by Gasteiger charge is 2.31. The fourth-order valence-electron chi connectivity index (χ4n) is 2.10. The molecule has 1 aromatic carbocycles. The molecule has 0 bridgehead atoms. The number of alkyl halides is 3. The first kappa shape index (κ1) is 14.1. The van der Waals surface area contributed by atoms with Crippen LogP contribution < -0.4 is 4.74 Å². The van der Waals surface area contributed by atoms with Crippen LogP contribution in [0.4, 0.5) is 13.2 Å². The average molecular weight is 275 g/mol. The Kier molecular flexibility index (Phi) is 4.01. The first-order valence-electron chi connectivity index (χ1n) is 6.07. The molecule has 0 unspecified atom stereocenters. The van der Waals surface area contributed by atoms with Gasteiger partial charge in [-0.25, -0.2) is 0 Å². The Bertz CT molecular complexity index is 419. The fraction of sp³-hybridized carbons (Fsp3) is 0.538. The average Bonchev–Trinajstić information content (AvgIpc) is 2.32. The molecular formula is C13H16F3NO2. The number of likely N-dealkylation sites (N-methyl/N-ethyl adjacent to an activating group) is 1. The van der Waals surface area contributed by atoms with Gasteiger partial charge in [-0.05, 0) is 37.7 Å².